The van der Waals surface area contributed by atoms with Crippen molar-refractivity contribution in [3.8, 4) is 0 Å². The molecule has 0 fully saturated rings. The number of fused-ring (bicyclic) bond motifs is 1. The van der Waals surface area contributed by atoms with Crippen LogP contribution in [0.3, 0.4) is 0 Å². The summed E-state index contributed by atoms with van der Waals surface area (Å²) in [5.41, 5.74) is 1.07. The van der Waals surface area contributed by atoms with Crippen LogP contribution in [0, 0.1) is 5.82 Å². The average Bonchev–Trinajstić information content (AvgIpc) is 2.50. The Hall–Kier alpha value is -2.40. The van der Waals surface area contributed by atoms with E-state index < -0.39 is 23.8 Å². The molecule has 4 nitrogen and oxygen atoms in total. The number of carbonyl (C=O) groups is 2. The van der Waals surface area contributed by atoms with E-state index in [1.54, 1.807) is 18.2 Å². The highest BCUT2D eigenvalue weighted by Crippen LogP contribution is 2.25. The van der Waals surface area contributed by atoms with Crippen molar-refractivity contribution in [2.24, 2.45) is 0 Å². The van der Waals surface area contributed by atoms with Gasteiger partial charge in [-0.1, -0.05) is 29.8 Å². The highest BCUT2D eigenvalue weighted by Gasteiger charge is 2.31. The number of hydrogen-bond acceptors (Lipinski definition) is 3. The summed E-state index contributed by atoms with van der Waals surface area (Å²) in [7, 11) is 0. The second-order valence-corrected chi connectivity index (χ2v) is 5.31. The zero-order valence-electron chi connectivity index (χ0n) is 11.3. The molecule has 0 spiro atoms. The Morgan fingerprint density at radius 2 is 2.05 bits per heavy atom. The molecule has 112 valence electrons. The van der Waals surface area contributed by atoms with Crippen molar-refractivity contribution < 1.29 is 18.7 Å². The van der Waals surface area contributed by atoms with Crippen molar-refractivity contribution >= 4 is 29.2 Å². The molecule has 0 saturated carbocycles. The van der Waals surface area contributed by atoms with Crippen molar-refractivity contribution in [2.75, 3.05) is 5.32 Å². The molecule has 1 aliphatic rings. The lowest BCUT2D eigenvalue weighted by Gasteiger charge is -2.24. The van der Waals surface area contributed by atoms with Crippen LogP contribution in [0.1, 0.15) is 15.9 Å². The molecule has 0 saturated heterocycles. The topological polar surface area (TPSA) is 55.4 Å². The van der Waals surface area contributed by atoms with Crippen LogP contribution >= 0.6 is 11.6 Å². The number of hydrogen-bond donors (Lipinski definition) is 1. The Balaban J connectivity index is 1.79. The molecule has 1 aliphatic heterocycles. The van der Waals surface area contributed by atoms with E-state index >= 15 is 0 Å². The summed E-state index contributed by atoms with van der Waals surface area (Å²) in [6.45, 7) is 0. The van der Waals surface area contributed by atoms with E-state index in [4.69, 9.17) is 16.3 Å². The molecule has 0 aromatic heterocycles. The summed E-state index contributed by atoms with van der Waals surface area (Å²) in [6.07, 6.45) is -0.779. The molecule has 2 aromatic carbocycles. The lowest BCUT2D eigenvalue weighted by molar-refractivity contribution is -0.125. The van der Waals surface area contributed by atoms with E-state index in [-0.39, 0.29) is 12.1 Å². The highest BCUT2D eigenvalue weighted by atomic mass is 35.5. The molecule has 0 radical (unpaired) electrons. The molecule has 2 aromatic rings. The van der Waals surface area contributed by atoms with E-state index in [0.29, 0.717) is 16.1 Å². The number of ether oxygens (including phenoxy) is 1. The number of carbonyl (C=O) groups excluding carboxylic acids is 2. The van der Waals surface area contributed by atoms with Crippen LogP contribution in [-0.4, -0.2) is 18.0 Å². The average molecular weight is 320 g/mol. The molecule has 1 N–H and O–H groups in total. The largest absolute Gasteiger partial charge is 0.448 e. The van der Waals surface area contributed by atoms with Crippen LogP contribution < -0.4 is 5.32 Å². The summed E-state index contributed by atoms with van der Waals surface area (Å²) < 4.78 is 18.6. The number of halogens is 2. The minimum atomic E-state index is -0.999. The Kier molecular flexibility index (Phi) is 3.81. The Morgan fingerprint density at radius 1 is 1.27 bits per heavy atom. The van der Waals surface area contributed by atoms with Gasteiger partial charge in [0, 0.05) is 11.4 Å². The third kappa shape index (κ3) is 2.80. The molecule has 1 atom stereocenters. The van der Waals surface area contributed by atoms with Gasteiger partial charge in [-0.15, -0.1) is 0 Å². The molecule has 1 heterocycles. The molecule has 1 amide bonds. The Morgan fingerprint density at radius 3 is 2.82 bits per heavy atom. The van der Waals surface area contributed by atoms with Crippen LogP contribution in [0.4, 0.5) is 10.1 Å². The van der Waals surface area contributed by atoms with Gasteiger partial charge in [0.25, 0.3) is 5.91 Å². The van der Waals surface area contributed by atoms with Crippen LogP contribution in [0.2, 0.25) is 5.02 Å². The number of benzene rings is 2. The maximum Gasteiger partial charge on any atom is 0.339 e. The van der Waals surface area contributed by atoms with Crippen molar-refractivity contribution in [1.29, 1.82) is 0 Å². The second kappa shape index (κ2) is 5.77. The quantitative estimate of drug-likeness (QED) is 0.865. The number of nitrogens with one attached hydrogen (secondary N) is 1. The second-order valence-electron chi connectivity index (χ2n) is 4.87. The third-order valence-corrected chi connectivity index (χ3v) is 3.61. The maximum atomic E-state index is 13.5. The van der Waals surface area contributed by atoms with Gasteiger partial charge in [-0.05, 0) is 29.8 Å². The fraction of sp³-hybridized carbons (Fsp3) is 0.125. The molecule has 3 rings (SSSR count). The minimum Gasteiger partial charge on any atom is -0.448 e. The SMILES string of the molecule is O=C1OC(C(=O)Nc2ccccc2F)Cc2ccc(Cl)cc21. The number of cyclic esters (lactones) is 1. The van der Waals surface area contributed by atoms with E-state index in [1.807, 2.05) is 0 Å². The first kappa shape index (κ1) is 14.5. The lowest BCUT2D eigenvalue weighted by atomic mass is 9.98. The van der Waals surface area contributed by atoms with Crippen LogP contribution in [0.5, 0.6) is 0 Å². The predicted octanol–water partition coefficient (Wildman–Crippen LogP) is 3.20. The van der Waals surface area contributed by atoms with Crippen molar-refractivity contribution in [1.82, 2.24) is 0 Å². The van der Waals surface area contributed by atoms with Gasteiger partial charge in [0.15, 0.2) is 6.10 Å². The Bertz CT molecular complexity index is 763. The van der Waals surface area contributed by atoms with E-state index in [2.05, 4.69) is 5.32 Å². The first-order chi connectivity index (χ1) is 10.5. The monoisotopic (exact) mass is 319 g/mol. The van der Waals surface area contributed by atoms with Crippen LogP contribution in [0.25, 0.3) is 0 Å². The smallest absolute Gasteiger partial charge is 0.339 e. The van der Waals surface area contributed by atoms with Crippen molar-refractivity contribution in [3.63, 3.8) is 0 Å². The van der Waals surface area contributed by atoms with Crippen LogP contribution in [0.15, 0.2) is 42.5 Å². The van der Waals surface area contributed by atoms with Gasteiger partial charge in [-0.2, -0.15) is 0 Å². The number of amides is 1. The number of rotatable bonds is 2. The third-order valence-electron chi connectivity index (χ3n) is 3.37. The number of anilines is 1. The van der Waals surface area contributed by atoms with Crippen LogP contribution in [-0.2, 0) is 16.0 Å². The number of esters is 1. The summed E-state index contributed by atoms with van der Waals surface area (Å²) in [6, 6.07) is 10.6. The predicted molar refractivity (Wildman–Crippen MR) is 79.4 cm³/mol. The van der Waals surface area contributed by atoms with Gasteiger partial charge >= 0.3 is 5.97 Å². The molecule has 0 aliphatic carbocycles. The molecule has 6 heteroatoms. The summed E-state index contributed by atoms with van der Waals surface area (Å²) >= 11 is 5.84. The standard InChI is InChI=1S/C16H11ClFNO3/c17-10-6-5-9-7-14(22-16(21)11(9)8-10)15(20)19-13-4-2-1-3-12(13)18/h1-6,8,14H,7H2,(H,19,20). The zero-order chi connectivity index (χ0) is 15.7. The minimum absolute atomic E-state index is 0.0467. The highest BCUT2D eigenvalue weighted by molar-refractivity contribution is 6.31. The molecular formula is C16H11ClFNO3. The summed E-state index contributed by atoms with van der Waals surface area (Å²) in [5, 5.41) is 2.85. The Labute approximate surface area is 130 Å². The van der Waals surface area contributed by atoms with Gasteiger partial charge in [0.2, 0.25) is 0 Å². The van der Waals surface area contributed by atoms with Crippen molar-refractivity contribution in [3.05, 3.63) is 64.4 Å². The molecule has 1 unspecified atom stereocenters. The van der Waals surface area contributed by atoms with E-state index in [0.717, 1.165) is 0 Å². The normalized spacial score (nSPS) is 16.6. The zero-order valence-corrected chi connectivity index (χ0v) is 12.1. The summed E-state index contributed by atoms with van der Waals surface area (Å²) in [5.74, 6) is -1.73. The van der Waals surface area contributed by atoms with E-state index in [1.165, 1.54) is 24.3 Å². The fourth-order valence-electron chi connectivity index (χ4n) is 2.27. The fourth-order valence-corrected chi connectivity index (χ4v) is 2.44. The van der Waals surface area contributed by atoms with Crippen molar-refractivity contribution in [2.45, 2.75) is 12.5 Å². The maximum absolute atomic E-state index is 13.5. The number of para-hydroxylation sites is 1. The van der Waals surface area contributed by atoms with Gasteiger partial charge in [-0.3, -0.25) is 4.79 Å². The molecule has 22 heavy (non-hydrogen) atoms. The van der Waals surface area contributed by atoms with Gasteiger partial charge < -0.3 is 10.1 Å². The van der Waals surface area contributed by atoms with E-state index in [9.17, 15) is 14.0 Å². The van der Waals surface area contributed by atoms with Gasteiger partial charge in [0.1, 0.15) is 5.82 Å². The summed E-state index contributed by atoms with van der Waals surface area (Å²) in [4.78, 5) is 24.1. The first-order valence-electron chi connectivity index (χ1n) is 6.59. The van der Waals surface area contributed by atoms with Gasteiger partial charge in [0.05, 0.1) is 11.3 Å². The molecule has 0 bridgehead atoms. The molecular weight excluding hydrogens is 309 g/mol. The lowest BCUT2D eigenvalue weighted by Crippen LogP contribution is -2.38. The van der Waals surface area contributed by atoms with Gasteiger partial charge in [-0.25, -0.2) is 9.18 Å². The first-order valence-corrected chi connectivity index (χ1v) is 6.97.